The van der Waals surface area contributed by atoms with E-state index < -0.39 is 0 Å². The van der Waals surface area contributed by atoms with Crippen LogP contribution >= 0.6 is 0 Å². The summed E-state index contributed by atoms with van der Waals surface area (Å²) in [6.07, 6.45) is 5.03. The molecule has 108 valence electrons. The first kappa shape index (κ1) is 15.2. The molecule has 0 aliphatic heterocycles. The molecule has 0 amide bonds. The first-order valence-electron chi connectivity index (χ1n) is 7.16. The maximum atomic E-state index is 12.9. The molecule has 0 aliphatic rings. The molecule has 2 aromatic rings. The zero-order valence-electron chi connectivity index (χ0n) is 12.6. The van der Waals surface area contributed by atoms with Crippen molar-refractivity contribution in [2.24, 2.45) is 0 Å². The first-order valence-corrected chi connectivity index (χ1v) is 7.16. The van der Waals surface area contributed by atoms with Crippen molar-refractivity contribution < 1.29 is 4.39 Å². The number of benzene rings is 2. The van der Waals surface area contributed by atoms with Gasteiger partial charge in [-0.1, -0.05) is 73.7 Å². The zero-order valence-corrected chi connectivity index (χ0v) is 12.6. The molecule has 0 radical (unpaired) electrons. The molecule has 0 bridgehead atoms. The van der Waals surface area contributed by atoms with Crippen LogP contribution in [0.25, 0.3) is 6.08 Å². The summed E-state index contributed by atoms with van der Waals surface area (Å²) < 4.78 is 12.9. The molecule has 0 spiro atoms. The third-order valence-corrected chi connectivity index (χ3v) is 4.06. The van der Waals surface area contributed by atoms with Gasteiger partial charge in [0.25, 0.3) is 0 Å². The van der Waals surface area contributed by atoms with Crippen molar-refractivity contribution in [1.29, 1.82) is 0 Å². The lowest BCUT2D eigenvalue weighted by atomic mass is 9.74. The smallest absolute Gasteiger partial charge is 0.123 e. The van der Waals surface area contributed by atoms with E-state index in [1.165, 1.54) is 17.7 Å². The topological polar surface area (TPSA) is 0 Å². The second-order valence-electron chi connectivity index (χ2n) is 5.64. The highest BCUT2D eigenvalue weighted by Gasteiger charge is 2.25. The molecule has 0 aliphatic carbocycles. The Morgan fingerprint density at radius 3 is 2.29 bits per heavy atom. The van der Waals surface area contributed by atoms with Gasteiger partial charge >= 0.3 is 0 Å². The second-order valence-corrected chi connectivity index (χ2v) is 5.64. The Morgan fingerprint density at radius 2 is 1.71 bits per heavy atom. The van der Waals surface area contributed by atoms with E-state index in [9.17, 15) is 4.39 Å². The van der Waals surface area contributed by atoms with Crippen molar-refractivity contribution in [3.05, 3.63) is 89.8 Å². The van der Waals surface area contributed by atoms with Crippen molar-refractivity contribution in [2.75, 3.05) is 0 Å². The van der Waals surface area contributed by atoms with E-state index in [0.717, 1.165) is 17.6 Å². The van der Waals surface area contributed by atoms with E-state index in [1.54, 1.807) is 12.1 Å². The van der Waals surface area contributed by atoms with Crippen LogP contribution in [0.3, 0.4) is 0 Å². The van der Waals surface area contributed by atoms with Crippen molar-refractivity contribution in [1.82, 2.24) is 0 Å². The number of allylic oxidation sites excluding steroid dienone is 2. The lowest BCUT2D eigenvalue weighted by Gasteiger charge is -2.30. The van der Waals surface area contributed by atoms with Gasteiger partial charge in [0.1, 0.15) is 5.82 Å². The Bertz CT molecular complexity index is 623. The average molecular weight is 280 g/mol. The van der Waals surface area contributed by atoms with E-state index in [-0.39, 0.29) is 11.2 Å². The van der Waals surface area contributed by atoms with Gasteiger partial charge < -0.3 is 0 Å². The fourth-order valence-corrected chi connectivity index (χ4v) is 2.35. The molecule has 0 heterocycles. The average Bonchev–Trinajstić information content (AvgIpc) is 2.50. The molecule has 0 nitrogen and oxygen atoms in total. The van der Waals surface area contributed by atoms with E-state index in [2.05, 4.69) is 50.8 Å². The minimum Gasteiger partial charge on any atom is -0.207 e. The standard InChI is InChI=1S/C20H21F/c1-16(2)20(3,18-9-5-4-6-10-18)15-7-8-17-11-13-19(21)14-12-17/h4-14H,1,15H2,2-3H3/b8-7+/t20-/m1/s1. The van der Waals surface area contributed by atoms with Crippen LogP contribution in [0.2, 0.25) is 0 Å². The normalized spacial score (nSPS) is 14.0. The molecule has 0 saturated carbocycles. The van der Waals surface area contributed by atoms with Gasteiger partial charge in [-0.2, -0.15) is 0 Å². The Hall–Kier alpha value is -2.15. The Kier molecular flexibility index (Phi) is 4.74. The van der Waals surface area contributed by atoms with Crippen LogP contribution in [0.15, 0.2) is 72.8 Å². The molecule has 2 rings (SSSR count). The molecule has 1 heteroatoms. The number of halogens is 1. The van der Waals surface area contributed by atoms with E-state index in [0.29, 0.717) is 0 Å². The van der Waals surface area contributed by atoms with E-state index >= 15 is 0 Å². The van der Waals surface area contributed by atoms with E-state index in [1.807, 2.05) is 12.1 Å². The van der Waals surface area contributed by atoms with Gasteiger partial charge in [-0.25, -0.2) is 4.39 Å². The Labute approximate surface area is 126 Å². The highest BCUT2D eigenvalue weighted by molar-refractivity contribution is 5.49. The summed E-state index contributed by atoms with van der Waals surface area (Å²) in [5.74, 6) is -0.205. The highest BCUT2D eigenvalue weighted by Crippen LogP contribution is 2.34. The van der Waals surface area contributed by atoms with Gasteiger partial charge in [-0.15, -0.1) is 0 Å². The molecule has 1 atom stereocenters. The quantitative estimate of drug-likeness (QED) is 0.610. The summed E-state index contributed by atoms with van der Waals surface area (Å²) >= 11 is 0. The van der Waals surface area contributed by atoms with Gasteiger partial charge in [0, 0.05) is 5.41 Å². The fourth-order valence-electron chi connectivity index (χ4n) is 2.35. The SMILES string of the molecule is C=C(C)[C@@](C)(C/C=C/c1ccc(F)cc1)c1ccccc1. The maximum Gasteiger partial charge on any atom is 0.123 e. The van der Waals surface area contributed by atoms with Gasteiger partial charge in [-0.3, -0.25) is 0 Å². The summed E-state index contributed by atoms with van der Waals surface area (Å²) in [6, 6.07) is 16.9. The first-order chi connectivity index (χ1) is 10.0. The third kappa shape index (κ3) is 3.69. The summed E-state index contributed by atoms with van der Waals surface area (Å²) in [7, 11) is 0. The van der Waals surface area contributed by atoms with Crippen molar-refractivity contribution in [3.8, 4) is 0 Å². The van der Waals surface area contributed by atoms with Crippen LogP contribution in [0.1, 0.15) is 31.4 Å². The van der Waals surface area contributed by atoms with Crippen LogP contribution in [-0.4, -0.2) is 0 Å². The van der Waals surface area contributed by atoms with Crippen LogP contribution in [0, 0.1) is 5.82 Å². The number of hydrogen-bond acceptors (Lipinski definition) is 0. The molecular weight excluding hydrogens is 259 g/mol. The fraction of sp³-hybridized carbons (Fsp3) is 0.200. The van der Waals surface area contributed by atoms with Crippen LogP contribution < -0.4 is 0 Å². The third-order valence-electron chi connectivity index (χ3n) is 4.06. The molecule has 21 heavy (non-hydrogen) atoms. The zero-order chi connectivity index (χ0) is 15.3. The summed E-state index contributed by atoms with van der Waals surface area (Å²) in [4.78, 5) is 0. The molecule has 0 fully saturated rings. The minimum absolute atomic E-state index is 0.0855. The monoisotopic (exact) mass is 280 g/mol. The highest BCUT2D eigenvalue weighted by atomic mass is 19.1. The van der Waals surface area contributed by atoms with E-state index in [4.69, 9.17) is 0 Å². The Balaban J connectivity index is 2.18. The van der Waals surface area contributed by atoms with Crippen LogP contribution in [-0.2, 0) is 5.41 Å². The maximum absolute atomic E-state index is 12.9. The van der Waals surface area contributed by atoms with Gasteiger partial charge in [0.2, 0.25) is 0 Å². The lowest BCUT2D eigenvalue weighted by molar-refractivity contribution is 0.569. The molecular formula is C20H21F. The summed E-state index contributed by atoms with van der Waals surface area (Å²) in [6.45, 7) is 8.43. The summed E-state index contributed by atoms with van der Waals surface area (Å²) in [5.41, 5.74) is 3.32. The Morgan fingerprint density at radius 1 is 1.10 bits per heavy atom. The summed E-state index contributed by atoms with van der Waals surface area (Å²) in [5, 5.41) is 0. The van der Waals surface area contributed by atoms with Crippen LogP contribution in [0.4, 0.5) is 4.39 Å². The number of rotatable bonds is 5. The lowest BCUT2D eigenvalue weighted by Crippen LogP contribution is -2.22. The minimum atomic E-state index is -0.205. The van der Waals surface area contributed by atoms with Gasteiger partial charge in [0.05, 0.1) is 0 Å². The van der Waals surface area contributed by atoms with Crippen molar-refractivity contribution in [2.45, 2.75) is 25.7 Å². The molecule has 2 aromatic carbocycles. The van der Waals surface area contributed by atoms with Gasteiger partial charge in [0.15, 0.2) is 0 Å². The van der Waals surface area contributed by atoms with Crippen molar-refractivity contribution >= 4 is 6.08 Å². The predicted molar refractivity (Wildman–Crippen MR) is 88.7 cm³/mol. The van der Waals surface area contributed by atoms with Crippen molar-refractivity contribution in [3.63, 3.8) is 0 Å². The molecule has 0 saturated heterocycles. The second kappa shape index (κ2) is 6.53. The molecule has 0 aromatic heterocycles. The predicted octanol–water partition coefficient (Wildman–Crippen LogP) is 5.76. The van der Waals surface area contributed by atoms with Gasteiger partial charge in [-0.05, 0) is 36.6 Å². The molecule has 0 N–H and O–H groups in total. The van der Waals surface area contributed by atoms with Crippen LogP contribution in [0.5, 0.6) is 0 Å². The largest absolute Gasteiger partial charge is 0.207 e. The molecule has 0 unspecified atom stereocenters. The number of hydrogen-bond donors (Lipinski definition) is 0.